The Hall–Kier alpha value is -0.960. The van der Waals surface area contributed by atoms with Crippen molar-refractivity contribution in [3.63, 3.8) is 0 Å². The minimum absolute atomic E-state index is 0.0291. The first-order valence-corrected chi connectivity index (χ1v) is 6.22. The summed E-state index contributed by atoms with van der Waals surface area (Å²) in [6.45, 7) is 5.29. The van der Waals surface area contributed by atoms with Crippen LogP contribution in [0.15, 0.2) is 18.2 Å². The van der Waals surface area contributed by atoms with Crippen LogP contribution in [0.25, 0.3) is 0 Å². The van der Waals surface area contributed by atoms with Crippen molar-refractivity contribution in [2.75, 3.05) is 6.54 Å². The highest BCUT2D eigenvalue weighted by molar-refractivity contribution is 5.22. The van der Waals surface area contributed by atoms with Gasteiger partial charge in [-0.05, 0) is 43.4 Å². The van der Waals surface area contributed by atoms with Crippen molar-refractivity contribution in [2.24, 2.45) is 5.92 Å². The van der Waals surface area contributed by atoms with Crippen LogP contribution >= 0.6 is 0 Å². The number of hydrogen-bond donors (Lipinski definition) is 1. The maximum atomic E-state index is 13.7. The molecule has 1 saturated heterocycles. The van der Waals surface area contributed by atoms with E-state index < -0.39 is 11.6 Å². The van der Waals surface area contributed by atoms with Gasteiger partial charge >= 0.3 is 0 Å². The van der Waals surface area contributed by atoms with Crippen molar-refractivity contribution in [3.05, 3.63) is 35.4 Å². The van der Waals surface area contributed by atoms with Crippen LogP contribution in [0.2, 0.25) is 0 Å². The Balaban J connectivity index is 2.23. The van der Waals surface area contributed by atoms with E-state index in [9.17, 15) is 8.78 Å². The van der Waals surface area contributed by atoms with Crippen molar-refractivity contribution >= 4 is 0 Å². The number of benzene rings is 1. The summed E-state index contributed by atoms with van der Waals surface area (Å²) in [7, 11) is 0. The Bertz CT molecular complexity index is 395. The highest BCUT2D eigenvalue weighted by Crippen LogP contribution is 2.32. The average Bonchev–Trinajstić information content (AvgIpc) is 2.72. The van der Waals surface area contributed by atoms with Crippen molar-refractivity contribution in [1.82, 2.24) is 5.32 Å². The molecule has 0 bridgehead atoms. The number of rotatable bonds is 3. The SMILES string of the molecule is CC(C)C1(Cc2ccc(F)cc2F)CCCN1. The Labute approximate surface area is 101 Å². The first-order valence-electron chi connectivity index (χ1n) is 6.22. The van der Waals surface area contributed by atoms with Crippen LogP contribution in [0.3, 0.4) is 0 Å². The summed E-state index contributed by atoms with van der Waals surface area (Å²) < 4.78 is 26.5. The topological polar surface area (TPSA) is 12.0 Å². The van der Waals surface area contributed by atoms with Crippen LogP contribution in [0.4, 0.5) is 8.78 Å². The first-order chi connectivity index (χ1) is 8.03. The number of halogens is 2. The van der Waals surface area contributed by atoms with Gasteiger partial charge in [-0.15, -0.1) is 0 Å². The van der Waals surface area contributed by atoms with E-state index in [1.165, 1.54) is 6.07 Å². The van der Waals surface area contributed by atoms with Gasteiger partial charge in [-0.25, -0.2) is 8.78 Å². The van der Waals surface area contributed by atoms with Gasteiger partial charge in [-0.2, -0.15) is 0 Å². The lowest BCUT2D eigenvalue weighted by Crippen LogP contribution is -2.46. The molecule has 2 rings (SSSR count). The van der Waals surface area contributed by atoms with Crippen molar-refractivity contribution in [3.8, 4) is 0 Å². The zero-order chi connectivity index (χ0) is 12.5. The zero-order valence-corrected chi connectivity index (χ0v) is 10.4. The smallest absolute Gasteiger partial charge is 0.129 e. The van der Waals surface area contributed by atoms with Gasteiger partial charge < -0.3 is 5.32 Å². The monoisotopic (exact) mass is 239 g/mol. The molecule has 1 fully saturated rings. The normalized spacial score (nSPS) is 24.5. The molecule has 3 heteroatoms. The van der Waals surface area contributed by atoms with Crippen LogP contribution in [0.5, 0.6) is 0 Å². The molecular weight excluding hydrogens is 220 g/mol. The fraction of sp³-hybridized carbons (Fsp3) is 0.571. The standard InChI is InChI=1S/C14H19F2N/c1-10(2)14(6-3-7-17-14)9-11-4-5-12(15)8-13(11)16/h4-5,8,10,17H,3,6-7,9H2,1-2H3. The van der Waals surface area contributed by atoms with Crippen molar-refractivity contribution < 1.29 is 8.78 Å². The molecule has 0 spiro atoms. The Morgan fingerprint density at radius 2 is 2.12 bits per heavy atom. The second-order valence-electron chi connectivity index (χ2n) is 5.25. The quantitative estimate of drug-likeness (QED) is 0.853. The molecule has 1 heterocycles. The summed E-state index contributed by atoms with van der Waals surface area (Å²) >= 11 is 0. The first kappa shape index (κ1) is 12.5. The molecule has 1 aliphatic heterocycles. The summed E-state index contributed by atoms with van der Waals surface area (Å²) in [6.07, 6.45) is 2.82. The van der Waals surface area contributed by atoms with Crippen LogP contribution in [-0.4, -0.2) is 12.1 Å². The van der Waals surface area contributed by atoms with Crippen LogP contribution in [-0.2, 0) is 6.42 Å². The predicted octanol–water partition coefficient (Wildman–Crippen LogP) is 3.29. The minimum atomic E-state index is -0.510. The van der Waals surface area contributed by atoms with E-state index in [1.54, 1.807) is 6.07 Å². The van der Waals surface area contributed by atoms with Gasteiger partial charge in [-0.3, -0.25) is 0 Å². The molecule has 0 aromatic heterocycles. The molecule has 1 aliphatic rings. The van der Waals surface area contributed by atoms with Crippen LogP contribution < -0.4 is 5.32 Å². The molecular formula is C14H19F2N. The molecule has 1 aromatic carbocycles. The van der Waals surface area contributed by atoms with Gasteiger partial charge in [0, 0.05) is 11.6 Å². The highest BCUT2D eigenvalue weighted by Gasteiger charge is 2.37. The third-order valence-corrected chi connectivity index (χ3v) is 3.90. The van der Waals surface area contributed by atoms with Crippen LogP contribution in [0.1, 0.15) is 32.3 Å². The molecule has 0 aliphatic carbocycles. The van der Waals surface area contributed by atoms with Gasteiger partial charge in [0.25, 0.3) is 0 Å². The second kappa shape index (κ2) is 4.73. The lowest BCUT2D eigenvalue weighted by atomic mass is 9.79. The highest BCUT2D eigenvalue weighted by atomic mass is 19.1. The molecule has 1 N–H and O–H groups in total. The fourth-order valence-electron chi connectivity index (χ4n) is 2.68. The summed E-state index contributed by atoms with van der Waals surface area (Å²) in [5.74, 6) is -0.502. The van der Waals surface area contributed by atoms with Gasteiger partial charge in [0.05, 0.1) is 0 Å². The second-order valence-corrected chi connectivity index (χ2v) is 5.25. The van der Waals surface area contributed by atoms with Gasteiger partial charge in [-0.1, -0.05) is 19.9 Å². The Kier molecular flexibility index (Phi) is 3.48. The van der Waals surface area contributed by atoms with E-state index in [1.807, 2.05) is 0 Å². The maximum Gasteiger partial charge on any atom is 0.129 e. The third kappa shape index (κ3) is 2.49. The minimum Gasteiger partial charge on any atom is -0.311 e. The summed E-state index contributed by atoms with van der Waals surface area (Å²) in [4.78, 5) is 0. The molecule has 17 heavy (non-hydrogen) atoms. The molecule has 0 radical (unpaired) electrons. The Morgan fingerprint density at radius 3 is 2.65 bits per heavy atom. The predicted molar refractivity (Wildman–Crippen MR) is 64.9 cm³/mol. The lowest BCUT2D eigenvalue weighted by Gasteiger charge is -2.34. The largest absolute Gasteiger partial charge is 0.311 e. The fourth-order valence-corrected chi connectivity index (χ4v) is 2.68. The van der Waals surface area contributed by atoms with Gasteiger partial charge in [0.15, 0.2) is 0 Å². The summed E-state index contributed by atoms with van der Waals surface area (Å²) in [5.41, 5.74) is 0.577. The zero-order valence-electron chi connectivity index (χ0n) is 10.4. The van der Waals surface area contributed by atoms with E-state index in [4.69, 9.17) is 0 Å². The number of nitrogens with one attached hydrogen (secondary N) is 1. The van der Waals surface area contributed by atoms with E-state index in [0.717, 1.165) is 25.5 Å². The Morgan fingerprint density at radius 1 is 1.35 bits per heavy atom. The van der Waals surface area contributed by atoms with Crippen LogP contribution in [0, 0.1) is 17.6 Å². The molecule has 1 unspecified atom stereocenters. The van der Waals surface area contributed by atoms with Gasteiger partial charge in [0.2, 0.25) is 0 Å². The number of hydrogen-bond acceptors (Lipinski definition) is 1. The average molecular weight is 239 g/mol. The van der Waals surface area contributed by atoms with E-state index in [-0.39, 0.29) is 5.54 Å². The maximum absolute atomic E-state index is 13.7. The van der Waals surface area contributed by atoms with Gasteiger partial charge in [0.1, 0.15) is 11.6 Å². The molecule has 94 valence electrons. The molecule has 0 saturated carbocycles. The van der Waals surface area contributed by atoms with Crippen molar-refractivity contribution in [2.45, 2.75) is 38.6 Å². The van der Waals surface area contributed by atoms with E-state index in [2.05, 4.69) is 19.2 Å². The third-order valence-electron chi connectivity index (χ3n) is 3.90. The van der Waals surface area contributed by atoms with E-state index in [0.29, 0.717) is 17.9 Å². The lowest BCUT2D eigenvalue weighted by molar-refractivity contribution is 0.266. The summed E-state index contributed by atoms with van der Waals surface area (Å²) in [6, 6.07) is 3.87. The molecule has 1 atom stereocenters. The van der Waals surface area contributed by atoms with Crippen molar-refractivity contribution in [1.29, 1.82) is 0 Å². The van der Waals surface area contributed by atoms with E-state index >= 15 is 0 Å². The molecule has 0 amide bonds. The summed E-state index contributed by atoms with van der Waals surface area (Å²) in [5, 5.41) is 3.50. The molecule has 1 aromatic rings. The molecule has 1 nitrogen and oxygen atoms in total.